The van der Waals surface area contributed by atoms with Gasteiger partial charge in [0, 0.05) is 12.2 Å². The van der Waals surface area contributed by atoms with Crippen LogP contribution in [0.3, 0.4) is 0 Å². The van der Waals surface area contributed by atoms with Gasteiger partial charge in [-0.1, -0.05) is 31.9 Å². The molecule has 1 heterocycles. The Labute approximate surface area is 115 Å². The highest BCUT2D eigenvalue weighted by molar-refractivity contribution is 6.00. The Morgan fingerprint density at radius 2 is 2.16 bits per heavy atom. The lowest BCUT2D eigenvalue weighted by Gasteiger charge is -2.35. The van der Waals surface area contributed by atoms with E-state index in [4.69, 9.17) is 0 Å². The van der Waals surface area contributed by atoms with Gasteiger partial charge >= 0.3 is 0 Å². The molecule has 1 aromatic carbocycles. The molecule has 2 nitrogen and oxygen atoms in total. The van der Waals surface area contributed by atoms with Crippen molar-refractivity contribution in [3.8, 4) is 0 Å². The maximum atomic E-state index is 12.9. The third-order valence-electron chi connectivity index (χ3n) is 4.92. The Morgan fingerprint density at radius 3 is 2.89 bits per heavy atom. The summed E-state index contributed by atoms with van der Waals surface area (Å²) in [6, 6.07) is 8.33. The number of carbonyl (C=O) groups excluding carboxylic acids is 1. The van der Waals surface area contributed by atoms with Gasteiger partial charge < -0.3 is 4.90 Å². The van der Waals surface area contributed by atoms with E-state index in [-0.39, 0.29) is 5.41 Å². The fraction of sp³-hybridized carbons (Fsp3) is 0.588. The van der Waals surface area contributed by atoms with Crippen LogP contribution in [-0.4, -0.2) is 12.5 Å². The Balaban J connectivity index is 1.86. The molecule has 0 bridgehead atoms. The molecule has 1 saturated carbocycles. The van der Waals surface area contributed by atoms with E-state index in [1.165, 1.54) is 18.4 Å². The van der Waals surface area contributed by atoms with Crippen LogP contribution in [0.15, 0.2) is 24.3 Å². The van der Waals surface area contributed by atoms with Crippen LogP contribution in [0.2, 0.25) is 0 Å². The number of hydrogen-bond acceptors (Lipinski definition) is 1. The predicted octanol–water partition coefficient (Wildman–Crippen LogP) is 3.93. The minimum atomic E-state index is -0.0403. The molecule has 2 fully saturated rings. The number of nitrogens with zero attached hydrogens (tertiary/aromatic N) is 1. The van der Waals surface area contributed by atoms with Gasteiger partial charge in [0.05, 0.1) is 5.41 Å². The molecule has 1 spiro atoms. The Bertz CT molecular complexity index is 496. The predicted molar refractivity (Wildman–Crippen MR) is 78.2 cm³/mol. The van der Waals surface area contributed by atoms with Crippen molar-refractivity contribution in [3.63, 3.8) is 0 Å². The normalized spacial score (nSPS) is 31.2. The molecule has 1 aliphatic carbocycles. The molecule has 1 amide bonds. The summed E-state index contributed by atoms with van der Waals surface area (Å²) in [4.78, 5) is 14.9. The molecule has 2 atom stereocenters. The van der Waals surface area contributed by atoms with E-state index in [9.17, 15) is 4.79 Å². The zero-order valence-electron chi connectivity index (χ0n) is 12.0. The Kier molecular flexibility index (Phi) is 3.12. The van der Waals surface area contributed by atoms with Gasteiger partial charge in [0.25, 0.3) is 0 Å². The first-order chi connectivity index (χ1) is 9.11. The topological polar surface area (TPSA) is 20.3 Å². The zero-order chi connectivity index (χ0) is 13.5. The van der Waals surface area contributed by atoms with E-state index >= 15 is 0 Å². The lowest BCUT2D eigenvalue weighted by atomic mass is 9.69. The van der Waals surface area contributed by atoms with Crippen molar-refractivity contribution in [2.45, 2.75) is 46.0 Å². The maximum Gasteiger partial charge on any atom is 0.233 e. The van der Waals surface area contributed by atoms with Crippen molar-refractivity contribution >= 4 is 11.6 Å². The number of rotatable bonds is 1. The Hall–Kier alpha value is -1.31. The van der Waals surface area contributed by atoms with Gasteiger partial charge in [-0.2, -0.15) is 0 Å². The van der Waals surface area contributed by atoms with Gasteiger partial charge in [-0.25, -0.2) is 0 Å². The summed E-state index contributed by atoms with van der Waals surface area (Å²) in [6.45, 7) is 5.28. The van der Waals surface area contributed by atoms with Crippen LogP contribution in [0.4, 0.5) is 5.69 Å². The average molecular weight is 257 g/mol. The largest absolute Gasteiger partial charge is 0.312 e. The van der Waals surface area contributed by atoms with Gasteiger partial charge in [0.15, 0.2) is 0 Å². The summed E-state index contributed by atoms with van der Waals surface area (Å²) in [5.74, 6) is 1.08. The molecule has 1 aromatic rings. The van der Waals surface area contributed by atoms with Gasteiger partial charge in [-0.3, -0.25) is 4.79 Å². The van der Waals surface area contributed by atoms with Gasteiger partial charge in [-0.15, -0.1) is 0 Å². The number of anilines is 1. The highest BCUT2D eigenvalue weighted by Crippen LogP contribution is 2.47. The summed E-state index contributed by atoms with van der Waals surface area (Å²) < 4.78 is 0. The van der Waals surface area contributed by atoms with Crippen LogP contribution in [0, 0.1) is 18.3 Å². The molecule has 0 unspecified atom stereocenters. The van der Waals surface area contributed by atoms with Crippen LogP contribution in [0.25, 0.3) is 0 Å². The van der Waals surface area contributed by atoms with Crippen LogP contribution >= 0.6 is 0 Å². The van der Waals surface area contributed by atoms with E-state index in [2.05, 4.69) is 32.0 Å². The van der Waals surface area contributed by atoms with Crippen molar-refractivity contribution in [1.29, 1.82) is 0 Å². The molecule has 19 heavy (non-hydrogen) atoms. The second-order valence-electron chi connectivity index (χ2n) is 6.53. The first-order valence-electron chi connectivity index (χ1n) is 7.49. The molecular weight excluding hydrogens is 234 g/mol. The van der Waals surface area contributed by atoms with Crippen LogP contribution < -0.4 is 4.90 Å². The molecule has 102 valence electrons. The number of aryl methyl sites for hydroxylation is 1. The molecule has 1 saturated heterocycles. The lowest BCUT2D eigenvalue weighted by molar-refractivity contribution is -0.127. The monoisotopic (exact) mass is 257 g/mol. The van der Waals surface area contributed by atoms with E-state index < -0.39 is 0 Å². The Morgan fingerprint density at radius 1 is 1.32 bits per heavy atom. The smallest absolute Gasteiger partial charge is 0.233 e. The van der Waals surface area contributed by atoms with Crippen LogP contribution in [0.5, 0.6) is 0 Å². The maximum absolute atomic E-state index is 12.9. The van der Waals surface area contributed by atoms with Crippen molar-refractivity contribution in [2.75, 3.05) is 11.4 Å². The SMILES string of the molecule is Cc1cccc(N2CC[C@@]3(CCC[C@@H](C)C3)C2=O)c1. The lowest BCUT2D eigenvalue weighted by Crippen LogP contribution is -2.37. The van der Waals surface area contributed by atoms with Crippen molar-refractivity contribution < 1.29 is 4.79 Å². The highest BCUT2D eigenvalue weighted by atomic mass is 16.2. The van der Waals surface area contributed by atoms with Crippen LogP contribution in [0.1, 0.15) is 44.6 Å². The average Bonchev–Trinajstić information content (AvgIpc) is 2.67. The minimum Gasteiger partial charge on any atom is -0.312 e. The number of benzene rings is 1. The number of hydrogen-bond donors (Lipinski definition) is 0. The quantitative estimate of drug-likeness (QED) is 0.746. The highest BCUT2D eigenvalue weighted by Gasteiger charge is 2.48. The molecule has 0 radical (unpaired) electrons. The van der Waals surface area contributed by atoms with Crippen molar-refractivity contribution in [3.05, 3.63) is 29.8 Å². The molecule has 0 aromatic heterocycles. The molecule has 2 aliphatic rings. The summed E-state index contributed by atoms with van der Waals surface area (Å²) in [5.41, 5.74) is 2.27. The second-order valence-corrected chi connectivity index (χ2v) is 6.53. The fourth-order valence-corrected chi connectivity index (χ4v) is 3.94. The summed E-state index contributed by atoms with van der Waals surface area (Å²) >= 11 is 0. The molecule has 1 aliphatic heterocycles. The standard InChI is InChI=1S/C17H23NO/c1-13-5-3-7-15(11-13)18-10-9-17(16(18)19)8-4-6-14(2)12-17/h3,5,7,11,14H,4,6,8-10,12H2,1-2H3/t14-,17-/m1/s1. The van der Waals surface area contributed by atoms with Crippen LogP contribution in [-0.2, 0) is 4.79 Å². The second kappa shape index (κ2) is 4.66. The minimum absolute atomic E-state index is 0.0403. The summed E-state index contributed by atoms with van der Waals surface area (Å²) in [7, 11) is 0. The first-order valence-corrected chi connectivity index (χ1v) is 7.49. The fourth-order valence-electron chi connectivity index (χ4n) is 3.94. The zero-order valence-corrected chi connectivity index (χ0v) is 12.0. The number of amides is 1. The third kappa shape index (κ3) is 2.18. The van der Waals surface area contributed by atoms with E-state index in [0.717, 1.165) is 31.5 Å². The molecule has 2 heteroatoms. The molecule has 3 rings (SSSR count). The molecular formula is C17H23NO. The van der Waals surface area contributed by atoms with Gasteiger partial charge in [0.2, 0.25) is 5.91 Å². The van der Waals surface area contributed by atoms with Gasteiger partial charge in [0.1, 0.15) is 0 Å². The summed E-state index contributed by atoms with van der Waals surface area (Å²) in [6.07, 6.45) is 5.74. The van der Waals surface area contributed by atoms with Crippen molar-refractivity contribution in [2.24, 2.45) is 11.3 Å². The van der Waals surface area contributed by atoms with Gasteiger partial charge in [-0.05, 0) is 49.8 Å². The third-order valence-corrected chi connectivity index (χ3v) is 4.92. The van der Waals surface area contributed by atoms with E-state index in [0.29, 0.717) is 11.8 Å². The van der Waals surface area contributed by atoms with Crippen molar-refractivity contribution in [1.82, 2.24) is 0 Å². The summed E-state index contributed by atoms with van der Waals surface area (Å²) in [5, 5.41) is 0. The number of carbonyl (C=O) groups is 1. The first kappa shape index (κ1) is 12.7. The molecule has 0 N–H and O–H groups in total. The van der Waals surface area contributed by atoms with E-state index in [1.807, 2.05) is 11.0 Å². The van der Waals surface area contributed by atoms with E-state index in [1.54, 1.807) is 0 Å².